The number of rotatable bonds is 8. The van der Waals surface area contributed by atoms with Gasteiger partial charge in [-0.25, -0.2) is 0 Å². The van der Waals surface area contributed by atoms with Crippen LogP contribution in [0.3, 0.4) is 0 Å². The van der Waals surface area contributed by atoms with Gasteiger partial charge in [-0.2, -0.15) is 5.26 Å². The van der Waals surface area contributed by atoms with Crippen LogP contribution in [0, 0.1) is 11.3 Å². The number of carbonyl (C=O) groups is 2. The van der Waals surface area contributed by atoms with Crippen molar-refractivity contribution < 1.29 is 19.1 Å². The highest BCUT2D eigenvalue weighted by Crippen LogP contribution is 2.42. The molecule has 0 aliphatic carbocycles. The van der Waals surface area contributed by atoms with Gasteiger partial charge >= 0.3 is 0 Å². The number of ether oxygens (including phenoxy) is 2. The van der Waals surface area contributed by atoms with Crippen molar-refractivity contribution in [3.63, 3.8) is 0 Å². The fourth-order valence-electron chi connectivity index (χ4n) is 3.32. The zero-order valence-corrected chi connectivity index (χ0v) is 19.4. The number of anilines is 1. The predicted octanol–water partition coefficient (Wildman–Crippen LogP) is 3.32. The van der Waals surface area contributed by atoms with E-state index in [1.54, 1.807) is 32.2 Å². The molecule has 1 aromatic carbocycles. The van der Waals surface area contributed by atoms with E-state index in [1.165, 1.54) is 30.2 Å². The van der Waals surface area contributed by atoms with Gasteiger partial charge in [-0.15, -0.1) is 11.3 Å². The summed E-state index contributed by atoms with van der Waals surface area (Å²) in [7, 11) is 3.05. The average molecular weight is 471 g/mol. The molecule has 8 nitrogen and oxygen atoms in total. The van der Waals surface area contributed by atoms with Crippen LogP contribution in [-0.2, 0) is 9.59 Å². The number of primary amides is 1. The summed E-state index contributed by atoms with van der Waals surface area (Å²) in [5.74, 6) is -0.311. The Hall–Kier alpha value is -3.42. The van der Waals surface area contributed by atoms with Crippen LogP contribution in [-0.4, -0.2) is 31.8 Å². The van der Waals surface area contributed by atoms with E-state index in [0.717, 1.165) is 4.88 Å². The second-order valence-corrected chi connectivity index (χ2v) is 8.70. The minimum Gasteiger partial charge on any atom is -0.497 e. The highest BCUT2D eigenvalue weighted by Gasteiger charge is 2.34. The van der Waals surface area contributed by atoms with E-state index in [2.05, 4.69) is 16.7 Å². The molecule has 0 saturated carbocycles. The number of carbonyl (C=O) groups excluding carboxylic acids is 2. The van der Waals surface area contributed by atoms with Crippen LogP contribution in [0.25, 0.3) is 0 Å². The van der Waals surface area contributed by atoms with Gasteiger partial charge in [-0.1, -0.05) is 17.8 Å². The number of dihydropyridines is 1. The standard InChI is InChI=1S/C22H22N4O4S2/c1-12-19(21(24)28)20(17-5-4-8-31-17)14(10-23)22(25-12)32-11-18(27)26-15-7-6-13(29-2)9-16(15)30-3/h4-9,20,25H,11H2,1-3H3,(H2,24,28)(H,26,27). The SMILES string of the molecule is COc1ccc(NC(=O)CSC2=C(C#N)C(c3cccs3)C(C(N)=O)=C(C)N2)c(OC)c1. The Morgan fingerprint density at radius 2 is 2.09 bits per heavy atom. The summed E-state index contributed by atoms with van der Waals surface area (Å²) >= 11 is 2.62. The van der Waals surface area contributed by atoms with E-state index < -0.39 is 11.8 Å². The van der Waals surface area contributed by atoms with Crippen LogP contribution in [0.2, 0.25) is 0 Å². The molecular formula is C22H22N4O4S2. The number of methoxy groups -OCH3 is 2. The lowest BCUT2D eigenvalue weighted by molar-refractivity contribution is -0.115. The van der Waals surface area contributed by atoms with Crippen molar-refractivity contribution >= 4 is 40.6 Å². The number of nitriles is 1. The Morgan fingerprint density at radius 1 is 1.31 bits per heavy atom. The number of hydrogen-bond donors (Lipinski definition) is 3. The molecule has 1 atom stereocenters. The largest absolute Gasteiger partial charge is 0.497 e. The second kappa shape index (κ2) is 10.3. The molecule has 1 aromatic heterocycles. The molecule has 3 rings (SSSR count). The van der Waals surface area contributed by atoms with Gasteiger partial charge in [0.25, 0.3) is 0 Å². The third kappa shape index (κ3) is 4.90. The van der Waals surface area contributed by atoms with Crippen molar-refractivity contribution in [1.29, 1.82) is 5.26 Å². The molecule has 2 aromatic rings. The minimum atomic E-state index is -0.588. The van der Waals surface area contributed by atoms with Crippen molar-refractivity contribution in [3.8, 4) is 17.6 Å². The molecule has 2 heterocycles. The van der Waals surface area contributed by atoms with E-state index in [9.17, 15) is 14.9 Å². The summed E-state index contributed by atoms with van der Waals surface area (Å²) in [5.41, 5.74) is 7.39. The number of amides is 2. The molecule has 32 heavy (non-hydrogen) atoms. The first-order valence-corrected chi connectivity index (χ1v) is 11.4. The van der Waals surface area contributed by atoms with Crippen LogP contribution >= 0.6 is 23.1 Å². The van der Waals surface area contributed by atoms with Gasteiger partial charge in [-0.05, 0) is 30.5 Å². The molecule has 166 valence electrons. The van der Waals surface area contributed by atoms with Gasteiger partial charge in [0.05, 0.1) is 48.2 Å². The number of thioether (sulfide) groups is 1. The molecule has 1 aliphatic heterocycles. The van der Waals surface area contributed by atoms with Gasteiger partial charge in [0.15, 0.2) is 0 Å². The van der Waals surface area contributed by atoms with Crippen LogP contribution in [0.4, 0.5) is 5.69 Å². The highest BCUT2D eigenvalue weighted by atomic mass is 32.2. The third-order valence-electron chi connectivity index (χ3n) is 4.77. The quantitative estimate of drug-likeness (QED) is 0.540. The van der Waals surface area contributed by atoms with E-state index in [1.807, 2.05) is 17.5 Å². The van der Waals surface area contributed by atoms with E-state index in [-0.39, 0.29) is 11.7 Å². The van der Waals surface area contributed by atoms with Gasteiger partial charge in [-0.3, -0.25) is 9.59 Å². The molecule has 0 saturated heterocycles. The Balaban J connectivity index is 1.81. The van der Waals surface area contributed by atoms with Gasteiger partial charge < -0.3 is 25.8 Å². The maximum absolute atomic E-state index is 12.6. The van der Waals surface area contributed by atoms with E-state index in [4.69, 9.17) is 15.2 Å². The third-order valence-corrected chi connectivity index (χ3v) is 6.73. The molecule has 1 aliphatic rings. The predicted molar refractivity (Wildman–Crippen MR) is 125 cm³/mol. The topological polar surface area (TPSA) is 126 Å². The summed E-state index contributed by atoms with van der Waals surface area (Å²) in [6, 6.07) is 11.0. The van der Waals surface area contributed by atoms with Gasteiger partial charge in [0, 0.05) is 22.2 Å². The number of nitrogens with zero attached hydrogens (tertiary/aromatic N) is 1. The molecule has 0 fully saturated rings. The average Bonchev–Trinajstić information content (AvgIpc) is 3.31. The molecule has 4 N–H and O–H groups in total. The number of hydrogen-bond acceptors (Lipinski definition) is 8. The molecule has 10 heteroatoms. The second-order valence-electron chi connectivity index (χ2n) is 6.73. The fraction of sp³-hybridized carbons (Fsp3) is 0.227. The van der Waals surface area contributed by atoms with Crippen molar-refractivity contribution in [2.45, 2.75) is 12.8 Å². The van der Waals surface area contributed by atoms with Crippen LogP contribution < -0.4 is 25.8 Å². The molecule has 0 bridgehead atoms. The minimum absolute atomic E-state index is 0.0407. The summed E-state index contributed by atoms with van der Waals surface area (Å²) in [6.07, 6.45) is 0. The first kappa shape index (κ1) is 23.2. The summed E-state index contributed by atoms with van der Waals surface area (Å²) < 4.78 is 10.5. The highest BCUT2D eigenvalue weighted by molar-refractivity contribution is 8.03. The first-order chi connectivity index (χ1) is 15.4. The van der Waals surface area contributed by atoms with Gasteiger partial charge in [0.1, 0.15) is 11.5 Å². The molecular weight excluding hydrogens is 448 g/mol. The van der Waals surface area contributed by atoms with Crippen LogP contribution in [0.1, 0.15) is 17.7 Å². The Labute approximate surface area is 194 Å². The van der Waals surface area contributed by atoms with Crippen molar-refractivity contribution in [2.75, 3.05) is 25.3 Å². The van der Waals surface area contributed by atoms with E-state index >= 15 is 0 Å². The Bertz CT molecular complexity index is 1130. The van der Waals surface area contributed by atoms with Crippen molar-refractivity contribution in [1.82, 2.24) is 5.32 Å². The normalized spacial score (nSPS) is 15.6. The molecule has 0 spiro atoms. The van der Waals surface area contributed by atoms with Gasteiger partial charge in [0.2, 0.25) is 11.8 Å². The number of nitrogens with two attached hydrogens (primary N) is 1. The summed E-state index contributed by atoms with van der Waals surface area (Å²) in [5, 5.41) is 18.2. The number of thiophene rings is 1. The summed E-state index contributed by atoms with van der Waals surface area (Å²) in [6.45, 7) is 1.73. The lowest BCUT2D eigenvalue weighted by atomic mass is 9.86. The number of allylic oxidation sites excluding steroid dienone is 2. The van der Waals surface area contributed by atoms with Crippen molar-refractivity contribution in [2.24, 2.45) is 5.73 Å². The lowest BCUT2D eigenvalue weighted by Gasteiger charge is -2.28. The Kier molecular flexibility index (Phi) is 7.45. The number of benzene rings is 1. The molecule has 1 unspecified atom stereocenters. The van der Waals surface area contributed by atoms with E-state index in [0.29, 0.717) is 39.1 Å². The first-order valence-electron chi connectivity index (χ1n) is 9.49. The van der Waals surface area contributed by atoms with Crippen LogP contribution in [0.5, 0.6) is 11.5 Å². The maximum Gasteiger partial charge on any atom is 0.247 e. The zero-order chi connectivity index (χ0) is 23.3. The zero-order valence-electron chi connectivity index (χ0n) is 17.7. The fourth-order valence-corrected chi connectivity index (χ4v) is 5.05. The Morgan fingerprint density at radius 3 is 2.69 bits per heavy atom. The molecule has 0 radical (unpaired) electrons. The maximum atomic E-state index is 12.6. The monoisotopic (exact) mass is 470 g/mol. The molecule has 2 amide bonds. The van der Waals surface area contributed by atoms with Crippen LogP contribution in [0.15, 0.2) is 57.6 Å². The smallest absolute Gasteiger partial charge is 0.247 e. The lowest BCUT2D eigenvalue weighted by Crippen LogP contribution is -2.31. The number of nitrogens with one attached hydrogen (secondary N) is 2. The van der Waals surface area contributed by atoms with Crippen molar-refractivity contribution in [3.05, 3.63) is 62.5 Å². The summed E-state index contributed by atoms with van der Waals surface area (Å²) in [4.78, 5) is 25.6.